The summed E-state index contributed by atoms with van der Waals surface area (Å²) < 4.78 is 0. The van der Waals surface area contributed by atoms with Crippen LogP contribution in [0.1, 0.15) is 23.7 Å². The first-order valence-electron chi connectivity index (χ1n) is 4.82. The highest BCUT2D eigenvalue weighted by molar-refractivity contribution is 9.09. The summed E-state index contributed by atoms with van der Waals surface area (Å²) in [5, 5.41) is 3.30. The van der Waals surface area contributed by atoms with Crippen LogP contribution in [0.5, 0.6) is 0 Å². The van der Waals surface area contributed by atoms with Gasteiger partial charge in [-0.05, 0) is 18.6 Å². The summed E-state index contributed by atoms with van der Waals surface area (Å²) in [5.74, 6) is -0.126. The van der Waals surface area contributed by atoms with Crippen LogP contribution >= 0.6 is 27.5 Å². The SMILES string of the molecule is CCC(Br)CNC(=O)c1ccccc1Cl. The van der Waals surface area contributed by atoms with Gasteiger partial charge in [-0.15, -0.1) is 0 Å². The molecule has 2 nitrogen and oxygen atoms in total. The third kappa shape index (κ3) is 3.84. The first-order valence-corrected chi connectivity index (χ1v) is 6.11. The number of rotatable bonds is 4. The smallest absolute Gasteiger partial charge is 0.252 e. The molecule has 0 saturated heterocycles. The minimum Gasteiger partial charge on any atom is -0.351 e. The lowest BCUT2D eigenvalue weighted by molar-refractivity contribution is 0.0954. The Morgan fingerprint density at radius 3 is 2.80 bits per heavy atom. The highest BCUT2D eigenvalue weighted by Crippen LogP contribution is 2.14. The third-order valence-corrected chi connectivity index (χ3v) is 3.35. The Kier molecular flexibility index (Phi) is 5.12. The Labute approximate surface area is 103 Å². The van der Waals surface area contributed by atoms with E-state index in [0.717, 1.165) is 6.42 Å². The monoisotopic (exact) mass is 289 g/mol. The van der Waals surface area contributed by atoms with Crippen molar-refractivity contribution in [2.45, 2.75) is 18.2 Å². The number of carbonyl (C=O) groups is 1. The van der Waals surface area contributed by atoms with E-state index >= 15 is 0 Å². The average Bonchev–Trinajstić information content (AvgIpc) is 2.26. The van der Waals surface area contributed by atoms with Crippen molar-refractivity contribution < 1.29 is 4.79 Å². The third-order valence-electron chi connectivity index (χ3n) is 2.05. The van der Waals surface area contributed by atoms with Gasteiger partial charge >= 0.3 is 0 Å². The molecule has 82 valence electrons. The Bertz CT molecular complexity index is 343. The van der Waals surface area contributed by atoms with Gasteiger partial charge < -0.3 is 5.32 Å². The molecular weight excluding hydrogens is 277 g/mol. The van der Waals surface area contributed by atoms with Gasteiger partial charge in [-0.25, -0.2) is 0 Å². The summed E-state index contributed by atoms with van der Waals surface area (Å²) in [7, 11) is 0. The Balaban J connectivity index is 2.58. The van der Waals surface area contributed by atoms with Crippen molar-refractivity contribution in [1.29, 1.82) is 0 Å². The fourth-order valence-electron chi connectivity index (χ4n) is 1.09. The van der Waals surface area contributed by atoms with Crippen LogP contribution in [0, 0.1) is 0 Å². The molecule has 0 radical (unpaired) electrons. The molecule has 0 aliphatic heterocycles. The van der Waals surface area contributed by atoms with Crippen LogP contribution < -0.4 is 5.32 Å². The summed E-state index contributed by atoms with van der Waals surface area (Å²) in [6.45, 7) is 2.67. The fraction of sp³-hybridized carbons (Fsp3) is 0.364. The largest absolute Gasteiger partial charge is 0.351 e. The molecule has 1 aromatic carbocycles. The number of carbonyl (C=O) groups excluding carboxylic acids is 1. The van der Waals surface area contributed by atoms with Crippen molar-refractivity contribution in [2.24, 2.45) is 0 Å². The molecule has 0 heterocycles. The molecular formula is C11H13BrClNO. The maximum atomic E-state index is 11.7. The van der Waals surface area contributed by atoms with E-state index in [1.807, 2.05) is 0 Å². The number of amides is 1. The van der Waals surface area contributed by atoms with E-state index in [-0.39, 0.29) is 5.91 Å². The van der Waals surface area contributed by atoms with Crippen LogP contribution in [-0.4, -0.2) is 17.3 Å². The van der Waals surface area contributed by atoms with E-state index in [1.165, 1.54) is 0 Å². The lowest BCUT2D eigenvalue weighted by Gasteiger charge is -2.09. The quantitative estimate of drug-likeness (QED) is 0.848. The molecule has 1 atom stereocenters. The predicted molar refractivity (Wildman–Crippen MR) is 66.8 cm³/mol. The van der Waals surface area contributed by atoms with E-state index < -0.39 is 0 Å². The first-order chi connectivity index (χ1) is 7.15. The lowest BCUT2D eigenvalue weighted by atomic mass is 10.2. The van der Waals surface area contributed by atoms with Gasteiger partial charge in [0, 0.05) is 11.4 Å². The molecule has 0 aromatic heterocycles. The summed E-state index contributed by atoms with van der Waals surface area (Å²) >= 11 is 9.34. The zero-order chi connectivity index (χ0) is 11.3. The second-order valence-corrected chi connectivity index (χ2v) is 4.90. The van der Waals surface area contributed by atoms with Gasteiger partial charge in [-0.2, -0.15) is 0 Å². The standard InChI is InChI=1S/C11H13BrClNO/c1-2-8(12)7-14-11(15)9-5-3-4-6-10(9)13/h3-6,8H,2,7H2,1H3,(H,14,15). The van der Waals surface area contributed by atoms with E-state index in [0.29, 0.717) is 22.0 Å². The fourth-order valence-corrected chi connectivity index (χ4v) is 1.47. The highest BCUT2D eigenvalue weighted by Gasteiger charge is 2.10. The van der Waals surface area contributed by atoms with Crippen molar-refractivity contribution in [3.8, 4) is 0 Å². The van der Waals surface area contributed by atoms with Crippen molar-refractivity contribution >= 4 is 33.4 Å². The van der Waals surface area contributed by atoms with E-state index in [2.05, 4.69) is 28.2 Å². The molecule has 4 heteroatoms. The van der Waals surface area contributed by atoms with Gasteiger partial charge in [0.2, 0.25) is 0 Å². The van der Waals surface area contributed by atoms with Gasteiger partial charge in [-0.3, -0.25) is 4.79 Å². The van der Waals surface area contributed by atoms with Gasteiger partial charge in [0.05, 0.1) is 10.6 Å². The van der Waals surface area contributed by atoms with Crippen LogP contribution in [0.2, 0.25) is 5.02 Å². The maximum absolute atomic E-state index is 11.7. The molecule has 1 rings (SSSR count). The first kappa shape index (κ1) is 12.5. The molecule has 1 N–H and O–H groups in total. The van der Waals surface area contributed by atoms with Crippen molar-refractivity contribution in [3.05, 3.63) is 34.9 Å². The Morgan fingerprint density at radius 1 is 1.53 bits per heavy atom. The van der Waals surface area contributed by atoms with E-state index in [1.54, 1.807) is 24.3 Å². The highest BCUT2D eigenvalue weighted by atomic mass is 79.9. The normalized spacial score (nSPS) is 12.2. The summed E-state index contributed by atoms with van der Waals surface area (Å²) in [6.07, 6.45) is 0.975. The molecule has 1 amide bonds. The zero-order valence-electron chi connectivity index (χ0n) is 8.47. The molecule has 0 bridgehead atoms. The van der Waals surface area contributed by atoms with Gasteiger partial charge in [0.1, 0.15) is 0 Å². The average molecular weight is 291 g/mol. The topological polar surface area (TPSA) is 29.1 Å². The molecule has 0 saturated carbocycles. The van der Waals surface area contributed by atoms with Crippen LogP contribution in [0.25, 0.3) is 0 Å². The van der Waals surface area contributed by atoms with Crippen LogP contribution in [0.3, 0.4) is 0 Å². The van der Waals surface area contributed by atoms with E-state index in [4.69, 9.17) is 11.6 Å². The van der Waals surface area contributed by atoms with Gasteiger partial charge in [-0.1, -0.05) is 46.6 Å². The Morgan fingerprint density at radius 2 is 2.20 bits per heavy atom. The van der Waals surface area contributed by atoms with Crippen molar-refractivity contribution in [1.82, 2.24) is 5.32 Å². The second kappa shape index (κ2) is 6.13. The molecule has 15 heavy (non-hydrogen) atoms. The zero-order valence-corrected chi connectivity index (χ0v) is 10.8. The predicted octanol–water partition coefficient (Wildman–Crippen LogP) is 3.24. The molecule has 0 spiro atoms. The minimum absolute atomic E-state index is 0.126. The molecule has 0 aliphatic carbocycles. The van der Waals surface area contributed by atoms with Crippen molar-refractivity contribution in [2.75, 3.05) is 6.54 Å². The lowest BCUT2D eigenvalue weighted by Crippen LogP contribution is -2.29. The number of halogens is 2. The summed E-state index contributed by atoms with van der Waals surface area (Å²) in [6, 6.07) is 7.03. The molecule has 1 unspecified atom stereocenters. The summed E-state index contributed by atoms with van der Waals surface area (Å²) in [4.78, 5) is 12.0. The number of alkyl halides is 1. The molecule has 0 aliphatic rings. The number of nitrogens with one attached hydrogen (secondary N) is 1. The number of benzene rings is 1. The minimum atomic E-state index is -0.126. The van der Waals surface area contributed by atoms with Gasteiger partial charge in [0.25, 0.3) is 5.91 Å². The van der Waals surface area contributed by atoms with Crippen LogP contribution in [0.15, 0.2) is 24.3 Å². The Hall–Kier alpha value is -0.540. The molecule has 1 aromatic rings. The second-order valence-electron chi connectivity index (χ2n) is 3.20. The summed E-state index contributed by atoms with van der Waals surface area (Å²) in [5.41, 5.74) is 0.523. The van der Waals surface area contributed by atoms with Gasteiger partial charge in [0.15, 0.2) is 0 Å². The van der Waals surface area contributed by atoms with Crippen LogP contribution in [0.4, 0.5) is 0 Å². The molecule has 0 fully saturated rings. The van der Waals surface area contributed by atoms with Crippen LogP contribution in [-0.2, 0) is 0 Å². The van der Waals surface area contributed by atoms with Crippen molar-refractivity contribution in [3.63, 3.8) is 0 Å². The van der Waals surface area contributed by atoms with E-state index in [9.17, 15) is 4.79 Å². The maximum Gasteiger partial charge on any atom is 0.252 e. The number of hydrogen-bond donors (Lipinski definition) is 1. The number of hydrogen-bond acceptors (Lipinski definition) is 1.